The summed E-state index contributed by atoms with van der Waals surface area (Å²) in [5.74, 6) is 0.126. The molecule has 2 amide bonds. The first-order chi connectivity index (χ1) is 8.49. The van der Waals surface area contributed by atoms with E-state index in [1.54, 1.807) is 0 Å². The Morgan fingerprint density at radius 2 is 1.74 bits per heavy atom. The van der Waals surface area contributed by atoms with Crippen molar-refractivity contribution < 1.29 is 14.3 Å². The van der Waals surface area contributed by atoms with Crippen LogP contribution in [0.5, 0.6) is 0 Å². The number of nitrogens with zero attached hydrogens (tertiary/aromatic N) is 1. The van der Waals surface area contributed by atoms with Gasteiger partial charge in [0, 0.05) is 18.5 Å². The smallest absolute Gasteiger partial charge is 0.407 e. The lowest BCUT2D eigenvalue weighted by Gasteiger charge is -2.26. The molecule has 0 aromatic rings. The summed E-state index contributed by atoms with van der Waals surface area (Å²) in [7, 11) is 0. The molecule has 1 atom stereocenters. The maximum atomic E-state index is 12.1. The molecule has 0 aliphatic carbocycles. The lowest BCUT2D eigenvalue weighted by molar-refractivity contribution is -0.138. The van der Waals surface area contributed by atoms with Gasteiger partial charge in [-0.15, -0.1) is 0 Å². The molecule has 0 bridgehead atoms. The van der Waals surface area contributed by atoms with Gasteiger partial charge in [-0.3, -0.25) is 4.79 Å². The van der Waals surface area contributed by atoms with Gasteiger partial charge >= 0.3 is 6.09 Å². The Kier molecular flexibility index (Phi) is 4.48. The van der Waals surface area contributed by atoms with Gasteiger partial charge in [0.2, 0.25) is 5.91 Å². The summed E-state index contributed by atoms with van der Waals surface area (Å²) in [4.78, 5) is 25.6. The van der Waals surface area contributed by atoms with E-state index in [0.717, 1.165) is 6.42 Å². The molecule has 0 saturated carbocycles. The first kappa shape index (κ1) is 15.8. The summed E-state index contributed by atoms with van der Waals surface area (Å²) in [6.45, 7) is 12.5. The number of hydrogen-bond donors (Lipinski definition) is 1. The predicted molar refractivity (Wildman–Crippen MR) is 73.8 cm³/mol. The minimum atomic E-state index is -0.496. The van der Waals surface area contributed by atoms with E-state index >= 15 is 0 Å². The second-order valence-corrected chi connectivity index (χ2v) is 7.13. The van der Waals surface area contributed by atoms with Crippen molar-refractivity contribution in [3.63, 3.8) is 0 Å². The summed E-state index contributed by atoms with van der Waals surface area (Å²) in [6.07, 6.45) is 0.365. The van der Waals surface area contributed by atoms with Crippen LogP contribution in [-0.4, -0.2) is 41.6 Å². The van der Waals surface area contributed by atoms with Gasteiger partial charge in [0.05, 0.1) is 6.04 Å². The van der Waals surface area contributed by atoms with Gasteiger partial charge in [0.15, 0.2) is 0 Å². The first-order valence-corrected chi connectivity index (χ1v) is 6.78. The molecule has 0 spiro atoms. The maximum Gasteiger partial charge on any atom is 0.407 e. The van der Waals surface area contributed by atoms with Gasteiger partial charge in [-0.2, -0.15) is 0 Å². The highest BCUT2D eigenvalue weighted by Gasteiger charge is 2.33. The predicted octanol–water partition coefficient (Wildman–Crippen LogP) is 2.16. The quantitative estimate of drug-likeness (QED) is 0.794. The molecule has 1 heterocycles. The maximum absolute atomic E-state index is 12.1. The van der Waals surface area contributed by atoms with Gasteiger partial charge in [-0.05, 0) is 27.2 Å². The van der Waals surface area contributed by atoms with Gasteiger partial charge in [-0.1, -0.05) is 20.8 Å². The second-order valence-electron chi connectivity index (χ2n) is 7.13. The average Bonchev–Trinajstić information content (AvgIpc) is 2.60. The summed E-state index contributed by atoms with van der Waals surface area (Å²) >= 11 is 0. The Labute approximate surface area is 115 Å². The molecule has 0 aromatic carbocycles. The van der Waals surface area contributed by atoms with Crippen LogP contribution in [0.4, 0.5) is 4.79 Å². The van der Waals surface area contributed by atoms with Crippen molar-refractivity contribution in [3.8, 4) is 0 Å². The molecule has 5 heteroatoms. The van der Waals surface area contributed by atoms with Crippen LogP contribution in [0.1, 0.15) is 48.0 Å². The Balaban J connectivity index is 2.45. The van der Waals surface area contributed by atoms with Gasteiger partial charge in [0.1, 0.15) is 5.60 Å². The number of amides is 2. The van der Waals surface area contributed by atoms with E-state index in [0.29, 0.717) is 13.1 Å². The Morgan fingerprint density at radius 3 is 2.21 bits per heavy atom. The molecule has 110 valence electrons. The molecule has 5 nitrogen and oxygen atoms in total. The number of carbonyl (C=O) groups is 2. The number of likely N-dealkylation sites (tertiary alicyclic amines) is 1. The van der Waals surface area contributed by atoms with Crippen LogP contribution >= 0.6 is 0 Å². The van der Waals surface area contributed by atoms with Crippen LogP contribution < -0.4 is 5.32 Å². The molecule has 1 aliphatic heterocycles. The van der Waals surface area contributed by atoms with Crippen LogP contribution in [0.25, 0.3) is 0 Å². The highest BCUT2D eigenvalue weighted by molar-refractivity contribution is 5.82. The van der Waals surface area contributed by atoms with Gasteiger partial charge in [-0.25, -0.2) is 4.79 Å². The Hall–Kier alpha value is -1.26. The summed E-state index contributed by atoms with van der Waals surface area (Å²) < 4.78 is 5.21. The fourth-order valence-electron chi connectivity index (χ4n) is 2.01. The summed E-state index contributed by atoms with van der Waals surface area (Å²) in [5.41, 5.74) is -0.871. The van der Waals surface area contributed by atoms with Crippen LogP contribution in [0, 0.1) is 5.41 Å². The second kappa shape index (κ2) is 5.39. The Morgan fingerprint density at radius 1 is 1.16 bits per heavy atom. The van der Waals surface area contributed by atoms with E-state index in [-0.39, 0.29) is 17.4 Å². The molecular formula is C14H26N2O3. The van der Waals surface area contributed by atoms with E-state index in [2.05, 4.69) is 5.32 Å². The SMILES string of the molecule is CC(C)(C)OC(=O)N[C@H]1CCN(C(=O)C(C)(C)C)C1. The van der Waals surface area contributed by atoms with E-state index in [1.807, 2.05) is 46.4 Å². The molecular weight excluding hydrogens is 244 g/mol. The van der Waals surface area contributed by atoms with E-state index in [9.17, 15) is 9.59 Å². The third kappa shape index (κ3) is 5.09. The average molecular weight is 270 g/mol. The van der Waals surface area contributed by atoms with Crippen LogP contribution in [0.15, 0.2) is 0 Å². The normalized spacial score (nSPS) is 20.3. The van der Waals surface area contributed by atoms with Crippen LogP contribution in [0.2, 0.25) is 0 Å². The zero-order valence-electron chi connectivity index (χ0n) is 12.9. The summed E-state index contributed by atoms with van der Waals surface area (Å²) in [5, 5.41) is 2.82. The minimum Gasteiger partial charge on any atom is -0.444 e. The van der Waals surface area contributed by atoms with Crippen molar-refractivity contribution in [2.75, 3.05) is 13.1 Å². The third-order valence-electron chi connectivity index (χ3n) is 2.84. The highest BCUT2D eigenvalue weighted by atomic mass is 16.6. The lowest BCUT2D eigenvalue weighted by atomic mass is 9.95. The van der Waals surface area contributed by atoms with Crippen molar-refractivity contribution in [1.29, 1.82) is 0 Å². The topological polar surface area (TPSA) is 58.6 Å². The first-order valence-electron chi connectivity index (χ1n) is 6.78. The number of carbonyl (C=O) groups excluding carboxylic acids is 2. The molecule has 0 aromatic heterocycles. The fourth-order valence-corrected chi connectivity index (χ4v) is 2.01. The molecule has 1 aliphatic rings. The van der Waals surface area contributed by atoms with Crippen molar-refractivity contribution >= 4 is 12.0 Å². The zero-order chi connectivity index (χ0) is 14.8. The van der Waals surface area contributed by atoms with Gasteiger partial charge < -0.3 is 15.0 Å². The van der Waals surface area contributed by atoms with Crippen molar-refractivity contribution in [1.82, 2.24) is 10.2 Å². The summed E-state index contributed by atoms with van der Waals surface area (Å²) in [6, 6.07) is -0.0128. The number of alkyl carbamates (subject to hydrolysis) is 1. The monoisotopic (exact) mass is 270 g/mol. The molecule has 1 N–H and O–H groups in total. The standard InChI is InChI=1S/C14H26N2O3/c1-13(2,3)11(17)16-8-7-10(9-16)15-12(18)19-14(4,5)6/h10H,7-9H2,1-6H3,(H,15,18)/t10-/m0/s1. The van der Waals surface area contributed by atoms with Gasteiger partial charge in [0.25, 0.3) is 0 Å². The molecule has 1 fully saturated rings. The van der Waals surface area contributed by atoms with E-state index in [1.165, 1.54) is 0 Å². The Bertz CT molecular complexity index is 353. The largest absolute Gasteiger partial charge is 0.444 e. The lowest BCUT2D eigenvalue weighted by Crippen LogP contribution is -2.43. The number of nitrogens with one attached hydrogen (secondary N) is 1. The molecule has 1 rings (SSSR count). The molecule has 0 unspecified atom stereocenters. The molecule has 19 heavy (non-hydrogen) atoms. The van der Waals surface area contributed by atoms with Crippen LogP contribution in [-0.2, 0) is 9.53 Å². The van der Waals surface area contributed by atoms with Crippen LogP contribution in [0.3, 0.4) is 0 Å². The third-order valence-corrected chi connectivity index (χ3v) is 2.84. The van der Waals surface area contributed by atoms with Crippen molar-refractivity contribution in [2.24, 2.45) is 5.41 Å². The number of hydrogen-bond acceptors (Lipinski definition) is 3. The van der Waals surface area contributed by atoms with Crippen molar-refractivity contribution in [3.05, 3.63) is 0 Å². The highest BCUT2D eigenvalue weighted by Crippen LogP contribution is 2.21. The molecule has 1 saturated heterocycles. The van der Waals surface area contributed by atoms with E-state index in [4.69, 9.17) is 4.74 Å². The fraction of sp³-hybridized carbons (Fsp3) is 0.857. The zero-order valence-corrected chi connectivity index (χ0v) is 12.9. The van der Waals surface area contributed by atoms with Crippen molar-refractivity contribution in [2.45, 2.75) is 59.6 Å². The van der Waals surface area contributed by atoms with E-state index < -0.39 is 11.7 Å². The number of ether oxygens (including phenoxy) is 1. The number of rotatable bonds is 1. The molecule has 0 radical (unpaired) electrons. The minimum absolute atomic E-state index is 0.0128.